The summed E-state index contributed by atoms with van der Waals surface area (Å²) in [6, 6.07) is 13.7. The standard InChI is InChI=1S/C17H16N2O3/c1-3-16(20)18-13-10-8-12(9-11-13)17(21)19-14-6-4-5-7-15(14)22-2/h3-11H,1H2,2H3,(H,18,20)(H,19,21). The molecule has 2 aromatic rings. The fourth-order valence-corrected chi connectivity index (χ4v) is 1.84. The van der Waals surface area contributed by atoms with E-state index in [0.29, 0.717) is 22.7 Å². The maximum atomic E-state index is 12.2. The second-order valence-electron chi connectivity index (χ2n) is 4.43. The lowest BCUT2D eigenvalue weighted by atomic mass is 10.2. The molecule has 0 radical (unpaired) electrons. The summed E-state index contributed by atoms with van der Waals surface area (Å²) in [5, 5.41) is 5.40. The maximum Gasteiger partial charge on any atom is 0.255 e. The number of para-hydroxylation sites is 2. The highest BCUT2D eigenvalue weighted by Crippen LogP contribution is 2.23. The van der Waals surface area contributed by atoms with E-state index < -0.39 is 0 Å². The Morgan fingerprint density at radius 2 is 1.73 bits per heavy atom. The third-order valence-electron chi connectivity index (χ3n) is 2.96. The number of carbonyl (C=O) groups excluding carboxylic acids is 2. The third-order valence-corrected chi connectivity index (χ3v) is 2.96. The zero-order valence-electron chi connectivity index (χ0n) is 12.1. The van der Waals surface area contributed by atoms with Crippen molar-refractivity contribution in [3.8, 4) is 5.75 Å². The van der Waals surface area contributed by atoms with Crippen LogP contribution < -0.4 is 15.4 Å². The first kappa shape index (κ1) is 15.3. The molecule has 0 unspecified atom stereocenters. The van der Waals surface area contributed by atoms with Crippen molar-refractivity contribution in [3.05, 3.63) is 66.7 Å². The molecule has 5 nitrogen and oxygen atoms in total. The maximum absolute atomic E-state index is 12.2. The van der Waals surface area contributed by atoms with Crippen molar-refractivity contribution in [1.29, 1.82) is 0 Å². The van der Waals surface area contributed by atoms with Gasteiger partial charge in [-0.3, -0.25) is 9.59 Å². The Labute approximate surface area is 128 Å². The minimum atomic E-state index is -0.300. The first-order valence-corrected chi connectivity index (χ1v) is 6.62. The summed E-state index contributed by atoms with van der Waals surface area (Å²) in [7, 11) is 1.54. The van der Waals surface area contributed by atoms with Crippen LogP contribution in [0.2, 0.25) is 0 Å². The summed E-state index contributed by atoms with van der Waals surface area (Å²) in [5.41, 5.74) is 1.67. The van der Waals surface area contributed by atoms with Gasteiger partial charge in [0.15, 0.2) is 0 Å². The molecule has 2 aromatic carbocycles. The topological polar surface area (TPSA) is 67.4 Å². The predicted octanol–water partition coefficient (Wildman–Crippen LogP) is 3.07. The average molecular weight is 296 g/mol. The van der Waals surface area contributed by atoms with Crippen molar-refractivity contribution in [3.63, 3.8) is 0 Å². The van der Waals surface area contributed by atoms with Crippen LogP contribution in [0.3, 0.4) is 0 Å². The van der Waals surface area contributed by atoms with Gasteiger partial charge in [-0.1, -0.05) is 18.7 Å². The lowest BCUT2D eigenvalue weighted by molar-refractivity contribution is -0.111. The van der Waals surface area contributed by atoms with Crippen molar-refractivity contribution < 1.29 is 14.3 Å². The molecule has 0 saturated heterocycles. The Morgan fingerprint density at radius 1 is 1.05 bits per heavy atom. The molecule has 0 fully saturated rings. The number of ether oxygens (including phenoxy) is 1. The predicted molar refractivity (Wildman–Crippen MR) is 86.2 cm³/mol. The van der Waals surface area contributed by atoms with Crippen molar-refractivity contribution in [1.82, 2.24) is 0 Å². The highest BCUT2D eigenvalue weighted by Gasteiger charge is 2.09. The van der Waals surface area contributed by atoms with E-state index in [9.17, 15) is 9.59 Å². The molecule has 0 atom stereocenters. The van der Waals surface area contributed by atoms with E-state index in [4.69, 9.17) is 4.74 Å². The zero-order valence-corrected chi connectivity index (χ0v) is 12.1. The molecule has 0 spiro atoms. The van der Waals surface area contributed by atoms with E-state index in [1.54, 1.807) is 43.5 Å². The highest BCUT2D eigenvalue weighted by molar-refractivity contribution is 6.05. The average Bonchev–Trinajstić information content (AvgIpc) is 2.55. The second kappa shape index (κ2) is 7.08. The van der Waals surface area contributed by atoms with Crippen LogP contribution in [0.1, 0.15) is 10.4 Å². The Morgan fingerprint density at radius 3 is 2.36 bits per heavy atom. The molecule has 5 heteroatoms. The lowest BCUT2D eigenvalue weighted by Gasteiger charge is -2.10. The van der Waals surface area contributed by atoms with Gasteiger partial charge in [0.2, 0.25) is 5.91 Å². The first-order chi connectivity index (χ1) is 10.6. The van der Waals surface area contributed by atoms with Crippen molar-refractivity contribution >= 4 is 23.2 Å². The molecule has 0 aromatic heterocycles. The SMILES string of the molecule is C=CC(=O)Nc1ccc(C(=O)Nc2ccccc2OC)cc1. The quantitative estimate of drug-likeness (QED) is 0.833. The van der Waals surface area contributed by atoms with Gasteiger partial charge >= 0.3 is 0 Å². The molecule has 112 valence electrons. The molecule has 2 rings (SSSR count). The monoisotopic (exact) mass is 296 g/mol. The van der Waals surface area contributed by atoms with Crippen LogP contribution in [-0.4, -0.2) is 18.9 Å². The minimum Gasteiger partial charge on any atom is -0.495 e. The molecule has 0 heterocycles. The van der Waals surface area contributed by atoms with Gasteiger partial charge < -0.3 is 15.4 Å². The van der Waals surface area contributed by atoms with Crippen molar-refractivity contribution in [2.24, 2.45) is 0 Å². The summed E-state index contributed by atoms with van der Waals surface area (Å²) in [6.07, 6.45) is 1.18. The largest absolute Gasteiger partial charge is 0.495 e. The number of methoxy groups -OCH3 is 1. The van der Waals surface area contributed by atoms with Crippen LogP contribution in [0.4, 0.5) is 11.4 Å². The number of rotatable bonds is 5. The summed E-state index contributed by atoms with van der Waals surface area (Å²) in [6.45, 7) is 3.38. The van der Waals surface area contributed by atoms with E-state index in [-0.39, 0.29) is 11.8 Å². The van der Waals surface area contributed by atoms with Crippen LogP contribution in [0, 0.1) is 0 Å². The number of hydrogen-bond acceptors (Lipinski definition) is 3. The van der Waals surface area contributed by atoms with Gasteiger partial charge in [0.05, 0.1) is 12.8 Å². The first-order valence-electron chi connectivity index (χ1n) is 6.62. The minimum absolute atomic E-state index is 0.258. The number of nitrogens with one attached hydrogen (secondary N) is 2. The molecule has 0 saturated carbocycles. The molecular weight excluding hydrogens is 280 g/mol. The van der Waals surface area contributed by atoms with E-state index in [1.165, 1.54) is 6.08 Å². The van der Waals surface area contributed by atoms with Crippen LogP contribution in [-0.2, 0) is 4.79 Å². The summed E-state index contributed by atoms with van der Waals surface area (Å²) in [5.74, 6) is 0.0306. The molecule has 0 aliphatic carbocycles. The van der Waals surface area contributed by atoms with Gasteiger partial charge in [0.25, 0.3) is 5.91 Å². The van der Waals surface area contributed by atoms with Crippen molar-refractivity contribution in [2.45, 2.75) is 0 Å². The Balaban J connectivity index is 2.09. The number of carbonyl (C=O) groups is 2. The van der Waals surface area contributed by atoms with Gasteiger partial charge in [-0.15, -0.1) is 0 Å². The van der Waals surface area contributed by atoms with Crippen LogP contribution in [0.5, 0.6) is 5.75 Å². The third kappa shape index (κ3) is 3.73. The summed E-state index contributed by atoms with van der Waals surface area (Å²) < 4.78 is 5.19. The highest BCUT2D eigenvalue weighted by atomic mass is 16.5. The molecule has 0 aliphatic heterocycles. The molecular formula is C17H16N2O3. The molecule has 0 aliphatic rings. The normalized spacial score (nSPS) is 9.68. The van der Waals surface area contributed by atoms with E-state index in [0.717, 1.165) is 0 Å². The van der Waals surface area contributed by atoms with Crippen molar-refractivity contribution in [2.75, 3.05) is 17.7 Å². The fourth-order valence-electron chi connectivity index (χ4n) is 1.84. The van der Waals surface area contributed by atoms with E-state index in [2.05, 4.69) is 17.2 Å². The Kier molecular flexibility index (Phi) is 4.93. The van der Waals surface area contributed by atoms with Gasteiger partial charge in [-0.2, -0.15) is 0 Å². The van der Waals surface area contributed by atoms with E-state index >= 15 is 0 Å². The molecule has 22 heavy (non-hydrogen) atoms. The van der Waals surface area contributed by atoms with Gasteiger partial charge in [0, 0.05) is 11.3 Å². The van der Waals surface area contributed by atoms with Crippen LogP contribution in [0.15, 0.2) is 61.2 Å². The molecule has 2 N–H and O–H groups in total. The number of anilines is 2. The van der Waals surface area contributed by atoms with E-state index in [1.807, 2.05) is 12.1 Å². The number of hydrogen-bond donors (Lipinski definition) is 2. The fraction of sp³-hybridized carbons (Fsp3) is 0.0588. The second-order valence-corrected chi connectivity index (χ2v) is 4.43. The number of benzene rings is 2. The Hall–Kier alpha value is -3.08. The smallest absolute Gasteiger partial charge is 0.255 e. The summed E-state index contributed by atoms with van der Waals surface area (Å²) >= 11 is 0. The summed E-state index contributed by atoms with van der Waals surface area (Å²) in [4.78, 5) is 23.4. The molecule has 0 bridgehead atoms. The molecule has 2 amide bonds. The van der Waals surface area contributed by atoms with Crippen LogP contribution >= 0.6 is 0 Å². The van der Waals surface area contributed by atoms with Gasteiger partial charge in [-0.25, -0.2) is 0 Å². The zero-order chi connectivity index (χ0) is 15.9. The Bertz CT molecular complexity index is 693. The van der Waals surface area contributed by atoms with Gasteiger partial charge in [-0.05, 0) is 42.5 Å². The van der Waals surface area contributed by atoms with Gasteiger partial charge in [0.1, 0.15) is 5.75 Å². The number of amides is 2. The van der Waals surface area contributed by atoms with Crippen LogP contribution in [0.25, 0.3) is 0 Å². The lowest BCUT2D eigenvalue weighted by Crippen LogP contribution is -2.13.